The first-order valence-electron chi connectivity index (χ1n) is 5.35. The van der Waals surface area contributed by atoms with Crippen LogP contribution in [0.25, 0.3) is 0 Å². The van der Waals surface area contributed by atoms with Crippen molar-refractivity contribution in [3.05, 3.63) is 24.0 Å². The lowest BCUT2D eigenvalue weighted by molar-refractivity contribution is 0.592. The molecule has 3 N–H and O–H groups in total. The third-order valence-electron chi connectivity index (χ3n) is 2.39. The van der Waals surface area contributed by atoms with Gasteiger partial charge in [-0.2, -0.15) is 5.26 Å². The number of halogens is 1. The van der Waals surface area contributed by atoms with Crippen LogP contribution >= 0.6 is 0 Å². The van der Waals surface area contributed by atoms with Gasteiger partial charge in [0.25, 0.3) is 0 Å². The van der Waals surface area contributed by atoms with E-state index in [-0.39, 0.29) is 6.42 Å². The van der Waals surface area contributed by atoms with Gasteiger partial charge in [0, 0.05) is 0 Å². The number of anilines is 1. The summed E-state index contributed by atoms with van der Waals surface area (Å²) in [5.74, 6) is -0.847. The van der Waals surface area contributed by atoms with Crippen LogP contribution in [-0.2, 0) is 20.0 Å². The Morgan fingerprint density at radius 2 is 2.00 bits per heavy atom. The fourth-order valence-corrected chi connectivity index (χ4v) is 3.37. The van der Waals surface area contributed by atoms with Gasteiger partial charge in [0.05, 0.1) is 11.8 Å². The van der Waals surface area contributed by atoms with Crippen molar-refractivity contribution in [1.82, 2.24) is 0 Å². The molecule has 1 rings (SSSR count). The second kappa shape index (κ2) is 5.74. The highest BCUT2D eigenvalue weighted by Crippen LogP contribution is 2.23. The number of rotatable bonds is 5. The number of hydrogen-bond donors (Lipinski definition) is 2. The van der Waals surface area contributed by atoms with E-state index in [1.165, 1.54) is 6.92 Å². The Balaban J connectivity index is 3.36. The SMILES string of the molecule is CCC(C#N)S(=O)(=O)Nc1cc(F)ccc1S(N)(=O)=O. The van der Waals surface area contributed by atoms with Gasteiger partial charge in [0.1, 0.15) is 10.7 Å². The molecule has 0 fully saturated rings. The van der Waals surface area contributed by atoms with E-state index in [4.69, 9.17) is 10.4 Å². The summed E-state index contributed by atoms with van der Waals surface area (Å²) in [5.41, 5.74) is -0.527. The van der Waals surface area contributed by atoms with Gasteiger partial charge in [-0.05, 0) is 24.6 Å². The molecule has 0 spiro atoms. The first-order valence-corrected chi connectivity index (χ1v) is 8.44. The zero-order chi connectivity index (χ0) is 15.6. The third-order valence-corrected chi connectivity index (χ3v) is 5.05. The molecule has 1 atom stereocenters. The van der Waals surface area contributed by atoms with Crippen LogP contribution in [-0.4, -0.2) is 22.1 Å². The molecule has 1 aromatic carbocycles. The van der Waals surface area contributed by atoms with E-state index in [1.807, 2.05) is 4.72 Å². The summed E-state index contributed by atoms with van der Waals surface area (Å²) in [5, 5.41) is 12.3. The normalized spacial score (nSPS) is 13.5. The summed E-state index contributed by atoms with van der Waals surface area (Å²) < 4.78 is 61.4. The zero-order valence-electron chi connectivity index (χ0n) is 10.4. The van der Waals surface area contributed by atoms with Crippen LogP contribution in [0.3, 0.4) is 0 Å². The highest BCUT2D eigenvalue weighted by molar-refractivity contribution is 7.93. The maximum Gasteiger partial charge on any atom is 0.249 e. The van der Waals surface area contributed by atoms with Crippen molar-refractivity contribution < 1.29 is 21.2 Å². The predicted octanol–water partition coefficient (Wildman–Crippen LogP) is 0.517. The van der Waals surface area contributed by atoms with E-state index < -0.39 is 41.7 Å². The van der Waals surface area contributed by atoms with Crippen molar-refractivity contribution in [3.63, 3.8) is 0 Å². The molecule has 110 valence electrons. The lowest BCUT2D eigenvalue weighted by Gasteiger charge is -2.13. The molecule has 0 saturated heterocycles. The number of nitrogens with one attached hydrogen (secondary N) is 1. The summed E-state index contributed by atoms with van der Waals surface area (Å²) in [4.78, 5) is -0.574. The first kappa shape index (κ1) is 16.4. The van der Waals surface area contributed by atoms with Gasteiger partial charge in [-0.25, -0.2) is 26.4 Å². The second-order valence-electron chi connectivity index (χ2n) is 3.86. The molecule has 0 bridgehead atoms. The minimum absolute atomic E-state index is 0.00808. The van der Waals surface area contributed by atoms with Gasteiger partial charge in [-0.3, -0.25) is 4.72 Å². The monoisotopic (exact) mass is 321 g/mol. The van der Waals surface area contributed by atoms with Crippen molar-refractivity contribution in [1.29, 1.82) is 5.26 Å². The Labute approximate surface area is 116 Å². The fraction of sp³-hybridized carbons (Fsp3) is 0.300. The van der Waals surface area contributed by atoms with Gasteiger partial charge < -0.3 is 0 Å². The highest BCUT2D eigenvalue weighted by Gasteiger charge is 2.26. The van der Waals surface area contributed by atoms with Gasteiger partial charge in [0.15, 0.2) is 5.25 Å². The minimum Gasteiger partial charge on any atom is -0.281 e. The molecule has 0 aromatic heterocycles. The summed E-state index contributed by atoms with van der Waals surface area (Å²) in [6, 6.07) is 3.92. The molecule has 0 aliphatic rings. The lowest BCUT2D eigenvalue weighted by Crippen LogP contribution is -2.27. The zero-order valence-corrected chi connectivity index (χ0v) is 12.0. The van der Waals surface area contributed by atoms with Crippen molar-refractivity contribution in [2.45, 2.75) is 23.5 Å². The van der Waals surface area contributed by atoms with Crippen molar-refractivity contribution >= 4 is 25.7 Å². The van der Waals surface area contributed by atoms with Crippen molar-refractivity contribution in [2.24, 2.45) is 5.14 Å². The maximum atomic E-state index is 13.1. The molecule has 0 radical (unpaired) electrons. The Morgan fingerprint density at radius 1 is 1.40 bits per heavy atom. The summed E-state index contributed by atoms with van der Waals surface area (Å²) >= 11 is 0. The molecular formula is C10H12FN3O4S2. The predicted molar refractivity (Wildman–Crippen MR) is 70.0 cm³/mol. The topological polar surface area (TPSA) is 130 Å². The Hall–Kier alpha value is -1.70. The van der Waals surface area contributed by atoms with E-state index in [2.05, 4.69) is 0 Å². The molecule has 0 saturated carbocycles. The minimum atomic E-state index is -4.24. The molecule has 0 amide bonds. The number of primary sulfonamides is 1. The largest absolute Gasteiger partial charge is 0.281 e. The van der Waals surface area contributed by atoms with E-state index in [0.29, 0.717) is 6.07 Å². The molecule has 20 heavy (non-hydrogen) atoms. The first-order chi connectivity index (χ1) is 9.11. The van der Waals surface area contributed by atoms with Crippen molar-refractivity contribution in [2.75, 3.05) is 4.72 Å². The van der Waals surface area contributed by atoms with E-state index in [9.17, 15) is 21.2 Å². The van der Waals surface area contributed by atoms with Crippen LogP contribution < -0.4 is 9.86 Å². The fourth-order valence-electron chi connectivity index (χ4n) is 1.43. The second-order valence-corrected chi connectivity index (χ2v) is 7.25. The molecule has 1 unspecified atom stereocenters. The summed E-state index contributed by atoms with van der Waals surface area (Å²) in [7, 11) is -8.41. The standard InChI is InChI=1S/C10H12FN3O4S2/c1-2-8(6-12)20(17,18)14-9-5-7(11)3-4-10(9)19(13,15)16/h3-5,8,14H,2H2,1H3,(H2,13,15,16). The van der Waals surface area contributed by atoms with Gasteiger partial charge in [0.2, 0.25) is 20.0 Å². The Kier molecular flexibility index (Phi) is 4.69. The molecule has 1 aromatic rings. The Bertz CT molecular complexity index is 753. The Morgan fingerprint density at radius 3 is 2.45 bits per heavy atom. The average molecular weight is 321 g/mol. The van der Waals surface area contributed by atoms with Crippen LogP contribution in [0.4, 0.5) is 10.1 Å². The number of nitriles is 1. The highest BCUT2D eigenvalue weighted by atomic mass is 32.2. The van der Waals surface area contributed by atoms with Crippen LogP contribution in [0.1, 0.15) is 13.3 Å². The number of sulfonamides is 2. The van der Waals surface area contributed by atoms with Gasteiger partial charge >= 0.3 is 0 Å². The van der Waals surface area contributed by atoms with Crippen LogP contribution in [0.5, 0.6) is 0 Å². The van der Waals surface area contributed by atoms with Crippen LogP contribution in [0.15, 0.2) is 23.1 Å². The molecular weight excluding hydrogens is 309 g/mol. The van der Waals surface area contributed by atoms with Crippen LogP contribution in [0, 0.1) is 17.1 Å². The number of benzene rings is 1. The summed E-state index contributed by atoms with van der Waals surface area (Å²) in [6.07, 6.45) is -0.00808. The molecule has 0 aliphatic carbocycles. The molecule has 0 heterocycles. The van der Waals surface area contributed by atoms with Crippen molar-refractivity contribution in [3.8, 4) is 6.07 Å². The number of hydrogen-bond acceptors (Lipinski definition) is 5. The maximum absolute atomic E-state index is 13.1. The smallest absolute Gasteiger partial charge is 0.249 e. The molecule has 0 aliphatic heterocycles. The van der Waals surface area contributed by atoms with E-state index in [1.54, 1.807) is 6.07 Å². The van der Waals surface area contributed by atoms with E-state index >= 15 is 0 Å². The molecule has 7 nitrogen and oxygen atoms in total. The quantitative estimate of drug-likeness (QED) is 0.816. The van der Waals surface area contributed by atoms with Gasteiger partial charge in [-0.1, -0.05) is 6.92 Å². The van der Waals surface area contributed by atoms with Crippen LogP contribution in [0.2, 0.25) is 0 Å². The van der Waals surface area contributed by atoms with E-state index in [0.717, 1.165) is 12.1 Å². The third kappa shape index (κ3) is 3.66. The number of nitrogens with two attached hydrogens (primary N) is 1. The lowest BCUT2D eigenvalue weighted by atomic mass is 10.3. The van der Waals surface area contributed by atoms with Gasteiger partial charge in [-0.15, -0.1) is 0 Å². The summed E-state index contributed by atoms with van der Waals surface area (Å²) in [6.45, 7) is 1.47. The molecule has 10 heteroatoms. The number of nitrogens with zero attached hydrogens (tertiary/aromatic N) is 1. The average Bonchev–Trinajstić information content (AvgIpc) is 2.27.